The maximum absolute atomic E-state index is 12.6. The predicted molar refractivity (Wildman–Crippen MR) is 110 cm³/mol. The maximum Gasteiger partial charge on any atom is 0.407 e. The number of carbonyl (C=O) groups is 1. The number of amides is 1. The smallest absolute Gasteiger partial charge is 0.407 e. The first-order valence-corrected chi connectivity index (χ1v) is 11.8. The molecular weight excluding hydrogens is 326 g/mol. The van der Waals surface area contributed by atoms with Gasteiger partial charge in [0.25, 0.3) is 0 Å². The molecule has 142 valence electrons. The molecule has 0 bridgehead atoms. The SMILES string of the molecule is CC(C)[Si](C(C)C)(C(C)C)C(NC(=O)OC(C)(C)C)c1ccccc1. The van der Waals surface area contributed by atoms with E-state index in [2.05, 4.69) is 71.1 Å². The first-order valence-electron chi connectivity index (χ1n) is 9.47. The minimum Gasteiger partial charge on any atom is -0.444 e. The third kappa shape index (κ3) is 5.10. The average molecular weight is 364 g/mol. The molecule has 1 N–H and O–H groups in total. The van der Waals surface area contributed by atoms with Crippen LogP contribution in [0.25, 0.3) is 0 Å². The molecule has 0 aliphatic heterocycles. The lowest BCUT2D eigenvalue weighted by atomic mass is 10.2. The van der Waals surface area contributed by atoms with E-state index < -0.39 is 13.7 Å². The van der Waals surface area contributed by atoms with Crippen molar-refractivity contribution in [2.45, 2.75) is 90.2 Å². The molecule has 0 fully saturated rings. The summed E-state index contributed by atoms with van der Waals surface area (Å²) in [6.07, 6.45) is -0.319. The lowest BCUT2D eigenvalue weighted by Crippen LogP contribution is -2.57. The molecule has 0 aliphatic rings. The van der Waals surface area contributed by atoms with Crippen molar-refractivity contribution in [1.82, 2.24) is 5.32 Å². The van der Waals surface area contributed by atoms with E-state index in [1.165, 1.54) is 5.56 Å². The fourth-order valence-electron chi connectivity index (χ4n) is 4.57. The van der Waals surface area contributed by atoms with Crippen LogP contribution in [0.15, 0.2) is 30.3 Å². The maximum atomic E-state index is 12.6. The molecule has 1 aromatic carbocycles. The Balaban J connectivity index is 3.41. The Morgan fingerprint density at radius 2 is 1.36 bits per heavy atom. The molecule has 0 saturated carbocycles. The molecule has 0 aliphatic carbocycles. The number of rotatable bonds is 6. The highest BCUT2D eigenvalue weighted by atomic mass is 28.3. The Morgan fingerprint density at radius 1 is 0.920 bits per heavy atom. The van der Waals surface area contributed by atoms with Crippen LogP contribution in [-0.4, -0.2) is 19.8 Å². The van der Waals surface area contributed by atoms with Crippen molar-refractivity contribution in [1.29, 1.82) is 0 Å². The number of alkyl carbamates (subject to hydrolysis) is 1. The van der Waals surface area contributed by atoms with Crippen LogP contribution in [0, 0.1) is 0 Å². The van der Waals surface area contributed by atoms with Crippen molar-refractivity contribution >= 4 is 14.2 Å². The fraction of sp³-hybridized carbons (Fsp3) is 0.667. The summed E-state index contributed by atoms with van der Waals surface area (Å²) in [5.41, 5.74) is 2.33. The van der Waals surface area contributed by atoms with E-state index in [9.17, 15) is 4.79 Å². The van der Waals surface area contributed by atoms with Gasteiger partial charge in [-0.1, -0.05) is 71.9 Å². The van der Waals surface area contributed by atoms with Gasteiger partial charge in [0, 0.05) is 5.67 Å². The molecule has 1 atom stereocenters. The van der Waals surface area contributed by atoms with Gasteiger partial charge in [0.05, 0.1) is 8.07 Å². The number of nitrogens with one attached hydrogen (secondary N) is 1. The van der Waals surface area contributed by atoms with Gasteiger partial charge in [0.2, 0.25) is 0 Å². The minimum absolute atomic E-state index is 0.0311. The lowest BCUT2D eigenvalue weighted by molar-refractivity contribution is 0.0517. The number of hydrogen-bond donors (Lipinski definition) is 1. The van der Waals surface area contributed by atoms with Crippen LogP contribution in [-0.2, 0) is 4.74 Å². The van der Waals surface area contributed by atoms with Crippen molar-refractivity contribution in [2.24, 2.45) is 0 Å². The molecule has 0 aromatic heterocycles. The molecule has 0 spiro atoms. The minimum atomic E-state index is -1.95. The zero-order valence-electron chi connectivity index (χ0n) is 17.5. The van der Waals surface area contributed by atoms with E-state index in [4.69, 9.17) is 4.74 Å². The van der Waals surface area contributed by atoms with Gasteiger partial charge in [-0.2, -0.15) is 0 Å². The van der Waals surface area contributed by atoms with Crippen LogP contribution in [0.2, 0.25) is 16.6 Å². The van der Waals surface area contributed by atoms with E-state index >= 15 is 0 Å². The first-order chi connectivity index (χ1) is 11.4. The van der Waals surface area contributed by atoms with Gasteiger partial charge in [-0.15, -0.1) is 0 Å². The molecule has 1 aromatic rings. The molecule has 0 heterocycles. The Bertz CT molecular complexity index is 525. The van der Waals surface area contributed by atoms with E-state index in [-0.39, 0.29) is 11.8 Å². The van der Waals surface area contributed by atoms with Gasteiger partial charge in [-0.3, -0.25) is 0 Å². The lowest BCUT2D eigenvalue weighted by Gasteiger charge is -2.49. The average Bonchev–Trinajstić information content (AvgIpc) is 2.44. The summed E-state index contributed by atoms with van der Waals surface area (Å²) in [5, 5.41) is 3.28. The molecular formula is C21H37NO2Si. The standard InChI is InChI=1S/C21H37NO2Si/c1-15(2)25(16(3)4,17(5)6)19(18-13-11-10-12-14-18)22-20(23)24-21(7,8)9/h10-17,19H,1-9H3,(H,22,23). The number of ether oxygens (including phenoxy) is 1. The second-order valence-corrected chi connectivity index (χ2v) is 15.0. The van der Waals surface area contributed by atoms with Crippen molar-refractivity contribution < 1.29 is 9.53 Å². The third-order valence-electron chi connectivity index (χ3n) is 5.29. The van der Waals surface area contributed by atoms with Gasteiger partial charge >= 0.3 is 6.09 Å². The van der Waals surface area contributed by atoms with Crippen molar-refractivity contribution in [2.75, 3.05) is 0 Å². The predicted octanol–water partition coefficient (Wildman–Crippen LogP) is 6.47. The third-order valence-corrected chi connectivity index (χ3v) is 12.8. The molecule has 0 radical (unpaired) electrons. The summed E-state index contributed by atoms with van der Waals surface area (Å²) in [7, 11) is -1.95. The molecule has 1 unspecified atom stereocenters. The summed E-state index contributed by atoms with van der Waals surface area (Å²) in [4.78, 5) is 12.6. The highest BCUT2D eigenvalue weighted by molar-refractivity contribution is 6.84. The summed E-state index contributed by atoms with van der Waals surface area (Å²) in [6.45, 7) is 19.6. The van der Waals surface area contributed by atoms with Crippen molar-refractivity contribution in [3.05, 3.63) is 35.9 Å². The van der Waals surface area contributed by atoms with E-state index in [0.29, 0.717) is 16.6 Å². The van der Waals surface area contributed by atoms with Crippen molar-refractivity contribution in [3.63, 3.8) is 0 Å². The van der Waals surface area contributed by atoms with Gasteiger partial charge in [-0.05, 0) is 43.0 Å². The van der Waals surface area contributed by atoms with E-state index in [1.807, 2.05) is 26.8 Å². The normalized spacial score (nSPS) is 14.1. The van der Waals surface area contributed by atoms with Crippen LogP contribution in [0.3, 0.4) is 0 Å². The Morgan fingerprint density at radius 3 is 1.72 bits per heavy atom. The van der Waals surface area contributed by atoms with E-state index in [0.717, 1.165) is 0 Å². The van der Waals surface area contributed by atoms with Crippen molar-refractivity contribution in [3.8, 4) is 0 Å². The Labute approximate surface area is 155 Å². The number of benzene rings is 1. The Kier molecular flexibility index (Phi) is 7.30. The topological polar surface area (TPSA) is 38.3 Å². The highest BCUT2D eigenvalue weighted by Gasteiger charge is 2.50. The molecule has 3 nitrogen and oxygen atoms in total. The number of hydrogen-bond acceptors (Lipinski definition) is 2. The van der Waals surface area contributed by atoms with Crippen LogP contribution in [0.5, 0.6) is 0 Å². The fourth-order valence-corrected chi connectivity index (χ4v) is 11.7. The first kappa shape index (κ1) is 21.7. The van der Waals surface area contributed by atoms with Crippen LogP contribution in [0.4, 0.5) is 4.79 Å². The zero-order chi connectivity index (χ0) is 19.4. The molecule has 25 heavy (non-hydrogen) atoms. The molecule has 4 heteroatoms. The zero-order valence-corrected chi connectivity index (χ0v) is 18.5. The Hall–Kier alpha value is -1.29. The van der Waals surface area contributed by atoms with Gasteiger partial charge in [0.15, 0.2) is 0 Å². The summed E-state index contributed by atoms with van der Waals surface area (Å²) in [6, 6.07) is 10.4. The molecule has 1 amide bonds. The van der Waals surface area contributed by atoms with Crippen LogP contribution < -0.4 is 5.32 Å². The van der Waals surface area contributed by atoms with Gasteiger partial charge in [-0.25, -0.2) is 4.79 Å². The summed E-state index contributed by atoms with van der Waals surface area (Å²) < 4.78 is 5.60. The van der Waals surface area contributed by atoms with Gasteiger partial charge in [0.1, 0.15) is 5.60 Å². The molecule has 1 rings (SSSR count). The largest absolute Gasteiger partial charge is 0.444 e. The quantitative estimate of drug-likeness (QED) is 0.588. The molecule has 0 saturated heterocycles. The summed E-state index contributed by atoms with van der Waals surface area (Å²) >= 11 is 0. The highest BCUT2D eigenvalue weighted by Crippen LogP contribution is 2.49. The van der Waals surface area contributed by atoms with Crippen LogP contribution in [0.1, 0.15) is 73.5 Å². The van der Waals surface area contributed by atoms with Crippen LogP contribution >= 0.6 is 0 Å². The monoisotopic (exact) mass is 363 g/mol. The van der Waals surface area contributed by atoms with Gasteiger partial charge < -0.3 is 10.1 Å². The second-order valence-electron chi connectivity index (χ2n) is 8.95. The second kappa shape index (κ2) is 8.39. The summed E-state index contributed by atoms with van der Waals surface area (Å²) in [5.74, 6) is 0. The number of carbonyl (C=O) groups excluding carboxylic acids is 1. The van der Waals surface area contributed by atoms with E-state index in [1.54, 1.807) is 0 Å².